The van der Waals surface area contributed by atoms with Crippen molar-refractivity contribution < 1.29 is 23.1 Å². The Morgan fingerprint density at radius 2 is 1.61 bits per heavy atom. The van der Waals surface area contributed by atoms with Crippen LogP contribution in [0.3, 0.4) is 0 Å². The molecular formula is C28H28ClF3N2O2. The lowest BCUT2D eigenvalue weighted by atomic mass is 9.72. The maximum absolute atomic E-state index is 13.4. The summed E-state index contributed by atoms with van der Waals surface area (Å²) in [6.45, 7) is 2.26. The summed E-state index contributed by atoms with van der Waals surface area (Å²) in [5.41, 5.74) is 0.625. The number of phenolic OH excluding ortho intramolecular Hbond substituents is 1. The lowest BCUT2D eigenvalue weighted by Crippen LogP contribution is -2.49. The Morgan fingerprint density at radius 3 is 2.28 bits per heavy atom. The van der Waals surface area contributed by atoms with Crippen LogP contribution in [0.15, 0.2) is 72.8 Å². The molecule has 0 bridgehead atoms. The van der Waals surface area contributed by atoms with Crippen LogP contribution >= 0.6 is 11.6 Å². The van der Waals surface area contributed by atoms with Gasteiger partial charge in [-0.3, -0.25) is 4.79 Å². The minimum atomic E-state index is -4.37. The van der Waals surface area contributed by atoms with E-state index in [-0.39, 0.29) is 22.6 Å². The number of rotatable bonds is 7. The SMILES string of the molecule is O=C(NCC1(c2ccc(Cl)cc2)CCN(CCc2ccccc2C(F)(F)F)CC1)c1ccccc1O. The predicted molar refractivity (Wildman–Crippen MR) is 134 cm³/mol. The average molecular weight is 517 g/mol. The molecule has 0 aromatic heterocycles. The number of nitrogens with zero attached hydrogens (tertiary/aromatic N) is 1. The van der Waals surface area contributed by atoms with Gasteiger partial charge in [0.25, 0.3) is 5.91 Å². The molecule has 36 heavy (non-hydrogen) atoms. The van der Waals surface area contributed by atoms with E-state index in [4.69, 9.17) is 11.6 Å². The Hall–Kier alpha value is -3.03. The second-order valence-electron chi connectivity index (χ2n) is 9.23. The van der Waals surface area contributed by atoms with Crippen LogP contribution in [0.2, 0.25) is 5.02 Å². The van der Waals surface area contributed by atoms with Gasteiger partial charge in [0.2, 0.25) is 0 Å². The topological polar surface area (TPSA) is 52.6 Å². The van der Waals surface area contributed by atoms with Crippen molar-refractivity contribution in [2.45, 2.75) is 30.9 Å². The zero-order valence-corrected chi connectivity index (χ0v) is 20.4. The molecule has 0 saturated carbocycles. The molecule has 0 unspecified atom stereocenters. The molecule has 4 rings (SSSR count). The van der Waals surface area contributed by atoms with Crippen LogP contribution in [0.4, 0.5) is 13.2 Å². The maximum atomic E-state index is 13.4. The fraction of sp³-hybridized carbons (Fsp3) is 0.321. The minimum Gasteiger partial charge on any atom is -0.507 e. The van der Waals surface area contributed by atoms with Crippen molar-refractivity contribution in [3.8, 4) is 5.75 Å². The van der Waals surface area contributed by atoms with Crippen molar-refractivity contribution in [3.05, 3.63) is 100 Å². The van der Waals surface area contributed by atoms with Crippen LogP contribution in [0.25, 0.3) is 0 Å². The van der Waals surface area contributed by atoms with Gasteiger partial charge in [-0.15, -0.1) is 0 Å². The van der Waals surface area contributed by atoms with Gasteiger partial charge in [-0.1, -0.05) is 54.1 Å². The first-order valence-electron chi connectivity index (χ1n) is 11.9. The van der Waals surface area contributed by atoms with Gasteiger partial charge in [0.05, 0.1) is 11.1 Å². The summed E-state index contributed by atoms with van der Waals surface area (Å²) in [6.07, 6.45) is -2.62. The Balaban J connectivity index is 1.45. The molecule has 1 saturated heterocycles. The average Bonchev–Trinajstić information content (AvgIpc) is 2.87. The highest BCUT2D eigenvalue weighted by molar-refractivity contribution is 6.30. The van der Waals surface area contributed by atoms with E-state index in [2.05, 4.69) is 10.2 Å². The Morgan fingerprint density at radius 1 is 0.972 bits per heavy atom. The predicted octanol–water partition coefficient (Wildman–Crippen LogP) is 6.07. The summed E-state index contributed by atoms with van der Waals surface area (Å²) in [7, 11) is 0. The molecule has 0 radical (unpaired) electrons. The van der Waals surface area contributed by atoms with Crippen molar-refractivity contribution in [2.24, 2.45) is 0 Å². The number of amides is 1. The molecule has 190 valence electrons. The summed E-state index contributed by atoms with van der Waals surface area (Å²) in [5.74, 6) is -0.433. The number of benzene rings is 3. The first kappa shape index (κ1) is 26.0. The Kier molecular flexibility index (Phi) is 7.91. The Bertz CT molecular complexity index is 1190. The molecule has 0 aliphatic carbocycles. The molecule has 1 amide bonds. The number of alkyl halides is 3. The molecule has 1 aliphatic heterocycles. The van der Waals surface area contributed by atoms with Gasteiger partial charge in [0.15, 0.2) is 0 Å². The fourth-order valence-corrected chi connectivity index (χ4v) is 5.01. The Labute approximate surface area is 213 Å². The number of phenols is 1. The van der Waals surface area contributed by atoms with E-state index in [0.717, 1.165) is 24.5 Å². The number of likely N-dealkylation sites (tertiary alicyclic amines) is 1. The van der Waals surface area contributed by atoms with E-state index in [9.17, 15) is 23.1 Å². The molecule has 4 nitrogen and oxygen atoms in total. The van der Waals surface area contributed by atoms with Crippen LogP contribution < -0.4 is 5.32 Å². The molecule has 3 aromatic rings. The number of aromatic hydroxyl groups is 1. The van der Waals surface area contributed by atoms with E-state index in [1.54, 1.807) is 30.3 Å². The molecule has 1 aliphatic rings. The van der Waals surface area contributed by atoms with Crippen LogP contribution in [0.5, 0.6) is 5.75 Å². The maximum Gasteiger partial charge on any atom is 0.416 e. The van der Waals surface area contributed by atoms with Crippen LogP contribution in [0.1, 0.15) is 39.9 Å². The third-order valence-corrected chi connectivity index (χ3v) is 7.28. The lowest BCUT2D eigenvalue weighted by molar-refractivity contribution is -0.138. The number of carbonyl (C=O) groups is 1. The van der Waals surface area contributed by atoms with Gasteiger partial charge < -0.3 is 15.3 Å². The molecular weight excluding hydrogens is 489 g/mol. The zero-order chi connectivity index (χ0) is 25.8. The van der Waals surface area contributed by atoms with Crippen molar-refractivity contribution in [3.63, 3.8) is 0 Å². The second-order valence-corrected chi connectivity index (χ2v) is 9.67. The van der Waals surface area contributed by atoms with Crippen LogP contribution in [-0.4, -0.2) is 42.1 Å². The first-order valence-corrected chi connectivity index (χ1v) is 12.3. The van der Waals surface area contributed by atoms with E-state index < -0.39 is 11.7 Å². The number of hydrogen-bond donors (Lipinski definition) is 2. The van der Waals surface area contributed by atoms with Gasteiger partial charge in [-0.2, -0.15) is 13.2 Å². The number of piperidine rings is 1. The highest BCUT2D eigenvalue weighted by Crippen LogP contribution is 2.37. The van der Waals surface area contributed by atoms with Crippen molar-refractivity contribution in [2.75, 3.05) is 26.2 Å². The third-order valence-electron chi connectivity index (χ3n) is 7.03. The highest BCUT2D eigenvalue weighted by Gasteiger charge is 2.37. The molecule has 2 N–H and O–H groups in total. The molecule has 0 atom stereocenters. The zero-order valence-electron chi connectivity index (χ0n) is 19.7. The van der Waals surface area contributed by atoms with Gasteiger partial charge in [-0.25, -0.2) is 0 Å². The van der Waals surface area contributed by atoms with E-state index in [0.29, 0.717) is 43.2 Å². The normalized spacial score (nSPS) is 16.0. The van der Waals surface area contributed by atoms with Gasteiger partial charge >= 0.3 is 6.18 Å². The van der Waals surface area contributed by atoms with Crippen molar-refractivity contribution >= 4 is 17.5 Å². The van der Waals surface area contributed by atoms with Crippen molar-refractivity contribution in [1.29, 1.82) is 0 Å². The smallest absolute Gasteiger partial charge is 0.416 e. The summed E-state index contributed by atoms with van der Waals surface area (Å²) >= 11 is 6.10. The monoisotopic (exact) mass is 516 g/mol. The van der Waals surface area contributed by atoms with E-state index >= 15 is 0 Å². The number of nitrogens with one attached hydrogen (secondary N) is 1. The molecule has 1 fully saturated rings. The number of carbonyl (C=O) groups excluding carboxylic acids is 1. The summed E-state index contributed by atoms with van der Waals surface area (Å²) in [5, 5.41) is 13.6. The van der Waals surface area contributed by atoms with E-state index in [1.165, 1.54) is 12.1 Å². The number of hydrogen-bond acceptors (Lipinski definition) is 3. The molecule has 8 heteroatoms. The minimum absolute atomic E-state index is 0.0792. The van der Waals surface area contributed by atoms with E-state index in [1.807, 2.05) is 24.3 Å². The fourth-order valence-electron chi connectivity index (χ4n) is 4.88. The second kappa shape index (κ2) is 10.9. The lowest BCUT2D eigenvalue weighted by Gasteiger charge is -2.42. The quantitative estimate of drug-likeness (QED) is 0.401. The number of para-hydroxylation sites is 1. The summed E-state index contributed by atoms with van der Waals surface area (Å²) in [4.78, 5) is 15.0. The standard InChI is InChI=1S/C28H28ClF3N2O2/c29-22-11-9-21(10-12-22)27(19-33-26(36)23-6-2-4-8-25(23)35)14-17-34(18-15-27)16-13-20-5-1-3-7-24(20)28(30,31)32/h1-12,35H,13-19H2,(H,33,36). The van der Waals surface area contributed by atoms with Crippen LogP contribution in [-0.2, 0) is 18.0 Å². The molecule has 3 aromatic carbocycles. The van der Waals surface area contributed by atoms with Gasteiger partial charge in [0, 0.05) is 23.5 Å². The molecule has 0 spiro atoms. The van der Waals surface area contributed by atoms with Gasteiger partial charge in [0.1, 0.15) is 5.75 Å². The van der Waals surface area contributed by atoms with Gasteiger partial charge in [-0.05, 0) is 73.8 Å². The van der Waals surface area contributed by atoms with Crippen LogP contribution in [0, 0.1) is 0 Å². The summed E-state index contributed by atoms with van der Waals surface area (Å²) in [6, 6.07) is 19.7. The van der Waals surface area contributed by atoms with Crippen molar-refractivity contribution in [1.82, 2.24) is 10.2 Å². The first-order chi connectivity index (χ1) is 17.2. The molecule has 1 heterocycles. The number of halogens is 4. The third kappa shape index (κ3) is 6.02. The summed E-state index contributed by atoms with van der Waals surface area (Å²) < 4.78 is 40.1. The largest absolute Gasteiger partial charge is 0.507 e. The highest BCUT2D eigenvalue weighted by atomic mass is 35.5.